The van der Waals surface area contributed by atoms with Gasteiger partial charge >= 0.3 is 5.97 Å². The lowest BCUT2D eigenvalue weighted by atomic mass is 10.1. The van der Waals surface area contributed by atoms with Gasteiger partial charge in [0.2, 0.25) is 0 Å². The predicted octanol–water partition coefficient (Wildman–Crippen LogP) is 3.14. The second kappa shape index (κ2) is 8.65. The first-order valence-electron chi connectivity index (χ1n) is 8.29. The van der Waals surface area contributed by atoms with Crippen LogP contribution < -0.4 is 5.32 Å². The van der Waals surface area contributed by atoms with Crippen LogP contribution in [0.1, 0.15) is 51.0 Å². The lowest BCUT2D eigenvalue weighted by Crippen LogP contribution is -2.42. The van der Waals surface area contributed by atoms with Crippen molar-refractivity contribution in [3.63, 3.8) is 0 Å². The number of carbonyl (C=O) groups is 2. The van der Waals surface area contributed by atoms with E-state index < -0.39 is 17.9 Å². The van der Waals surface area contributed by atoms with Crippen molar-refractivity contribution < 1.29 is 18.7 Å². The SMILES string of the molecule is C[C@H](OC(=O)Cc1ccccc1F)C(=O)NC1CCCCCC1. The van der Waals surface area contributed by atoms with Crippen LogP contribution in [0.4, 0.5) is 4.39 Å². The monoisotopic (exact) mass is 321 g/mol. The molecule has 5 heteroatoms. The summed E-state index contributed by atoms with van der Waals surface area (Å²) in [7, 11) is 0. The molecule has 1 atom stereocenters. The van der Waals surface area contributed by atoms with E-state index in [9.17, 15) is 14.0 Å². The van der Waals surface area contributed by atoms with Crippen LogP contribution in [0.25, 0.3) is 0 Å². The predicted molar refractivity (Wildman–Crippen MR) is 85.3 cm³/mol. The summed E-state index contributed by atoms with van der Waals surface area (Å²) in [6, 6.07) is 6.22. The molecule has 0 radical (unpaired) electrons. The summed E-state index contributed by atoms with van der Waals surface area (Å²) in [5.74, 6) is -1.32. The van der Waals surface area contributed by atoms with E-state index in [1.165, 1.54) is 25.0 Å². The maximum atomic E-state index is 13.5. The van der Waals surface area contributed by atoms with E-state index in [1.807, 2.05) is 0 Å². The van der Waals surface area contributed by atoms with E-state index in [0.717, 1.165) is 25.7 Å². The van der Waals surface area contributed by atoms with Crippen molar-refractivity contribution in [1.29, 1.82) is 0 Å². The lowest BCUT2D eigenvalue weighted by Gasteiger charge is -2.19. The van der Waals surface area contributed by atoms with Gasteiger partial charge in [0.05, 0.1) is 6.42 Å². The Balaban J connectivity index is 1.80. The topological polar surface area (TPSA) is 55.4 Å². The fourth-order valence-corrected chi connectivity index (χ4v) is 2.83. The third kappa shape index (κ3) is 5.66. The van der Waals surface area contributed by atoms with Gasteiger partial charge in [0.25, 0.3) is 5.91 Å². The zero-order valence-electron chi connectivity index (χ0n) is 13.5. The third-order valence-corrected chi connectivity index (χ3v) is 4.17. The van der Waals surface area contributed by atoms with Crippen molar-refractivity contribution in [2.75, 3.05) is 0 Å². The van der Waals surface area contributed by atoms with Crippen LogP contribution in [0.3, 0.4) is 0 Å². The Morgan fingerprint density at radius 3 is 2.52 bits per heavy atom. The van der Waals surface area contributed by atoms with E-state index in [4.69, 9.17) is 4.74 Å². The van der Waals surface area contributed by atoms with Crippen molar-refractivity contribution in [3.8, 4) is 0 Å². The van der Waals surface area contributed by atoms with E-state index in [-0.39, 0.29) is 23.9 Å². The minimum atomic E-state index is -0.863. The van der Waals surface area contributed by atoms with Gasteiger partial charge < -0.3 is 10.1 Å². The molecule has 1 aromatic carbocycles. The van der Waals surface area contributed by atoms with Gasteiger partial charge in [0.15, 0.2) is 6.10 Å². The van der Waals surface area contributed by atoms with Gasteiger partial charge in [-0.1, -0.05) is 43.9 Å². The standard InChI is InChI=1S/C18H24FNO3/c1-13(18(22)20-15-9-4-2-3-5-10-15)23-17(21)12-14-8-6-7-11-16(14)19/h6-8,11,13,15H,2-5,9-10,12H2,1H3,(H,20,22)/t13-/m0/s1. The molecule has 1 saturated carbocycles. The highest BCUT2D eigenvalue weighted by atomic mass is 19.1. The molecule has 0 spiro atoms. The molecule has 4 nitrogen and oxygen atoms in total. The van der Waals surface area contributed by atoms with Crippen LogP contribution in [0.5, 0.6) is 0 Å². The molecule has 2 rings (SSSR count). The average molecular weight is 321 g/mol. The molecule has 23 heavy (non-hydrogen) atoms. The maximum Gasteiger partial charge on any atom is 0.311 e. The third-order valence-electron chi connectivity index (χ3n) is 4.17. The first kappa shape index (κ1) is 17.4. The maximum absolute atomic E-state index is 13.5. The molecule has 126 valence electrons. The van der Waals surface area contributed by atoms with Crippen molar-refractivity contribution >= 4 is 11.9 Å². The molecular weight excluding hydrogens is 297 g/mol. The van der Waals surface area contributed by atoms with Crippen LogP contribution >= 0.6 is 0 Å². The summed E-state index contributed by atoms with van der Waals surface area (Å²) >= 11 is 0. The number of benzene rings is 1. The van der Waals surface area contributed by atoms with Gasteiger partial charge in [0, 0.05) is 6.04 Å². The molecule has 1 aromatic rings. The normalized spacial score (nSPS) is 17.1. The molecule has 0 saturated heterocycles. The molecule has 0 aromatic heterocycles. The number of carbonyl (C=O) groups excluding carboxylic acids is 2. The second-order valence-electron chi connectivity index (χ2n) is 6.10. The smallest absolute Gasteiger partial charge is 0.311 e. The van der Waals surface area contributed by atoms with E-state index in [1.54, 1.807) is 19.1 Å². The Morgan fingerprint density at radius 2 is 1.87 bits per heavy atom. The summed E-state index contributed by atoms with van der Waals surface area (Å²) in [5.41, 5.74) is 0.272. The largest absolute Gasteiger partial charge is 0.452 e. The highest BCUT2D eigenvalue weighted by Crippen LogP contribution is 2.17. The quantitative estimate of drug-likeness (QED) is 0.669. The van der Waals surface area contributed by atoms with Gasteiger partial charge in [0.1, 0.15) is 5.82 Å². The molecule has 0 bridgehead atoms. The van der Waals surface area contributed by atoms with Gasteiger partial charge in [-0.2, -0.15) is 0 Å². The number of nitrogens with one attached hydrogen (secondary N) is 1. The first-order valence-corrected chi connectivity index (χ1v) is 8.29. The molecule has 0 unspecified atom stereocenters. The van der Waals surface area contributed by atoms with Crippen molar-refractivity contribution in [2.45, 2.75) is 64.0 Å². The number of ether oxygens (including phenoxy) is 1. The Hall–Kier alpha value is -1.91. The van der Waals surface area contributed by atoms with Gasteiger partial charge in [-0.3, -0.25) is 9.59 Å². The molecular formula is C18H24FNO3. The average Bonchev–Trinajstić information content (AvgIpc) is 2.78. The number of halogens is 1. The Labute approximate surface area is 136 Å². The molecule has 1 aliphatic carbocycles. The lowest BCUT2D eigenvalue weighted by molar-refractivity contribution is -0.154. The number of hydrogen-bond donors (Lipinski definition) is 1. The van der Waals surface area contributed by atoms with Gasteiger partial charge in [-0.05, 0) is 31.4 Å². The summed E-state index contributed by atoms with van der Waals surface area (Å²) in [5, 5.41) is 2.95. The van der Waals surface area contributed by atoms with Crippen LogP contribution in [-0.4, -0.2) is 24.0 Å². The zero-order chi connectivity index (χ0) is 16.7. The van der Waals surface area contributed by atoms with E-state index in [0.29, 0.717) is 0 Å². The number of esters is 1. The van der Waals surface area contributed by atoms with Crippen LogP contribution in [0.2, 0.25) is 0 Å². The van der Waals surface area contributed by atoms with E-state index >= 15 is 0 Å². The van der Waals surface area contributed by atoms with Crippen molar-refractivity contribution in [1.82, 2.24) is 5.32 Å². The summed E-state index contributed by atoms with van der Waals surface area (Å²) < 4.78 is 18.6. The molecule has 0 aliphatic heterocycles. The van der Waals surface area contributed by atoms with Crippen LogP contribution in [-0.2, 0) is 20.7 Å². The minimum absolute atomic E-state index is 0.165. The molecule has 0 heterocycles. The Bertz CT molecular complexity index is 539. The van der Waals surface area contributed by atoms with Gasteiger partial charge in [-0.25, -0.2) is 4.39 Å². The van der Waals surface area contributed by atoms with E-state index in [2.05, 4.69) is 5.32 Å². The zero-order valence-corrected chi connectivity index (χ0v) is 13.5. The van der Waals surface area contributed by atoms with Crippen LogP contribution in [0, 0.1) is 5.82 Å². The number of rotatable bonds is 5. The number of hydrogen-bond acceptors (Lipinski definition) is 3. The molecule has 1 fully saturated rings. The minimum Gasteiger partial charge on any atom is -0.452 e. The molecule has 1 amide bonds. The highest BCUT2D eigenvalue weighted by Gasteiger charge is 2.22. The van der Waals surface area contributed by atoms with Crippen LogP contribution in [0.15, 0.2) is 24.3 Å². The second-order valence-corrected chi connectivity index (χ2v) is 6.10. The number of amides is 1. The highest BCUT2D eigenvalue weighted by molar-refractivity contribution is 5.84. The summed E-state index contributed by atoms with van der Waals surface area (Å²) in [4.78, 5) is 24.0. The Kier molecular flexibility index (Phi) is 6.56. The summed E-state index contributed by atoms with van der Waals surface area (Å²) in [6.07, 6.45) is 5.56. The fourth-order valence-electron chi connectivity index (χ4n) is 2.83. The molecule has 1 N–H and O–H groups in total. The van der Waals surface area contributed by atoms with Gasteiger partial charge in [-0.15, -0.1) is 0 Å². The van der Waals surface area contributed by atoms with Crippen molar-refractivity contribution in [3.05, 3.63) is 35.6 Å². The molecule has 1 aliphatic rings. The fraction of sp³-hybridized carbons (Fsp3) is 0.556. The Morgan fingerprint density at radius 1 is 1.22 bits per heavy atom. The van der Waals surface area contributed by atoms with Crippen molar-refractivity contribution in [2.24, 2.45) is 0 Å². The summed E-state index contributed by atoms with van der Waals surface area (Å²) in [6.45, 7) is 1.55. The first-order chi connectivity index (χ1) is 11.1.